The van der Waals surface area contributed by atoms with Gasteiger partial charge in [0.25, 0.3) is 6.20 Å². The van der Waals surface area contributed by atoms with Crippen LogP contribution in [0.1, 0.15) is 5.56 Å². The Morgan fingerprint density at radius 1 is 1.40 bits per heavy atom. The number of benzene rings is 1. The lowest BCUT2D eigenvalue weighted by molar-refractivity contribution is -0.403. The van der Waals surface area contributed by atoms with E-state index in [9.17, 15) is 20.2 Å². The van der Waals surface area contributed by atoms with Crippen LogP contribution in [0, 0.1) is 21.4 Å². The van der Waals surface area contributed by atoms with E-state index in [2.05, 4.69) is 5.32 Å². The number of nitrogens with zero attached hydrogens (tertiary/aromatic N) is 3. The van der Waals surface area contributed by atoms with Crippen LogP contribution in [0.25, 0.3) is 11.3 Å². The van der Waals surface area contributed by atoms with Gasteiger partial charge in [-0.3, -0.25) is 10.1 Å². The topological polar surface area (TPSA) is 112 Å². The van der Waals surface area contributed by atoms with Crippen molar-refractivity contribution in [3.8, 4) is 17.4 Å². The predicted molar refractivity (Wildman–Crippen MR) is 90.6 cm³/mol. The third-order valence-corrected chi connectivity index (χ3v) is 3.87. The quantitative estimate of drug-likeness (QED) is 0.661. The summed E-state index contributed by atoms with van der Waals surface area (Å²) in [5.41, 5.74) is -0.172. The van der Waals surface area contributed by atoms with Crippen molar-refractivity contribution in [1.29, 1.82) is 5.26 Å². The summed E-state index contributed by atoms with van der Waals surface area (Å²) in [4.78, 5) is 23.9. The average Bonchev–Trinajstić information content (AvgIpc) is 3.02. The Bertz CT molecular complexity index is 960. The van der Waals surface area contributed by atoms with Gasteiger partial charge in [-0.25, -0.2) is 4.79 Å². The Balaban J connectivity index is 2.15. The Morgan fingerprint density at radius 2 is 2.12 bits per heavy atom. The lowest BCUT2D eigenvalue weighted by atomic mass is 10.1. The van der Waals surface area contributed by atoms with Gasteiger partial charge in [0.15, 0.2) is 11.4 Å². The van der Waals surface area contributed by atoms with Crippen LogP contribution >= 0.6 is 11.6 Å². The van der Waals surface area contributed by atoms with E-state index in [-0.39, 0.29) is 22.8 Å². The van der Waals surface area contributed by atoms with Crippen LogP contribution in [0.3, 0.4) is 0 Å². The van der Waals surface area contributed by atoms with Crippen LogP contribution in [-0.2, 0) is 0 Å². The summed E-state index contributed by atoms with van der Waals surface area (Å²) in [5.74, 6) is 0.442. The molecule has 0 amide bonds. The normalized spacial score (nSPS) is 15.0. The molecule has 0 saturated carbocycles. The highest BCUT2D eigenvalue weighted by atomic mass is 35.5. The van der Waals surface area contributed by atoms with Crippen molar-refractivity contribution >= 4 is 17.3 Å². The van der Waals surface area contributed by atoms with Gasteiger partial charge in [-0.15, -0.1) is 0 Å². The van der Waals surface area contributed by atoms with Crippen molar-refractivity contribution in [3.63, 3.8) is 0 Å². The Morgan fingerprint density at radius 3 is 2.76 bits per heavy atom. The van der Waals surface area contributed by atoms with Crippen molar-refractivity contribution in [2.45, 2.75) is 0 Å². The molecule has 2 aromatic rings. The summed E-state index contributed by atoms with van der Waals surface area (Å²) in [6.45, 7) is 0.818. The van der Waals surface area contributed by atoms with Gasteiger partial charge in [0, 0.05) is 29.7 Å². The van der Waals surface area contributed by atoms with Crippen LogP contribution in [0.15, 0.2) is 51.6 Å². The molecule has 1 aromatic heterocycles. The molecular weight excluding hydrogens is 348 g/mol. The van der Waals surface area contributed by atoms with Crippen molar-refractivity contribution < 1.29 is 9.34 Å². The van der Waals surface area contributed by atoms with Crippen LogP contribution in [-0.4, -0.2) is 18.0 Å². The zero-order valence-corrected chi connectivity index (χ0v) is 13.5. The molecule has 8 nitrogen and oxygen atoms in total. The van der Waals surface area contributed by atoms with Gasteiger partial charge in [-0.05, 0) is 24.3 Å². The first-order valence-electron chi connectivity index (χ1n) is 7.20. The van der Waals surface area contributed by atoms with E-state index in [4.69, 9.17) is 16.0 Å². The molecule has 1 N–H and O–H groups in total. The first-order valence-corrected chi connectivity index (χ1v) is 7.58. The Kier molecular flexibility index (Phi) is 4.41. The molecule has 1 aromatic carbocycles. The second kappa shape index (κ2) is 6.67. The third-order valence-electron chi connectivity index (χ3n) is 3.62. The number of anilines is 1. The maximum absolute atomic E-state index is 12.2. The molecule has 9 heteroatoms. The molecule has 1 aliphatic heterocycles. The van der Waals surface area contributed by atoms with Gasteiger partial charge in [0.1, 0.15) is 11.8 Å². The van der Waals surface area contributed by atoms with Gasteiger partial charge in [0.2, 0.25) is 0 Å². The molecule has 0 bridgehead atoms. The molecule has 0 atom stereocenters. The van der Waals surface area contributed by atoms with Crippen LogP contribution in [0.5, 0.6) is 0 Å². The molecule has 1 fully saturated rings. The minimum atomic E-state index is -0.808. The Hall–Kier alpha value is -3.31. The predicted octanol–water partition coefficient (Wildman–Crippen LogP) is 2.32. The second-order valence-corrected chi connectivity index (χ2v) is 5.59. The number of nitrogens with one attached hydrogen (secondary N) is 1. The molecule has 0 radical (unpaired) electrons. The number of hydrogen-bond acceptors (Lipinski definition) is 7. The molecule has 3 rings (SSSR count). The number of halogens is 1. The van der Waals surface area contributed by atoms with Crippen molar-refractivity contribution in [1.82, 2.24) is 5.32 Å². The summed E-state index contributed by atoms with van der Waals surface area (Å²) in [6, 6.07) is 9.96. The fraction of sp³-hybridized carbons (Fsp3) is 0.125. The van der Waals surface area contributed by atoms with Crippen molar-refractivity contribution in [2.24, 2.45) is 0 Å². The van der Waals surface area contributed by atoms with Gasteiger partial charge < -0.3 is 14.6 Å². The number of nitriles is 1. The van der Waals surface area contributed by atoms with Crippen LogP contribution < -0.4 is 15.8 Å². The van der Waals surface area contributed by atoms with E-state index < -0.39 is 10.5 Å². The first kappa shape index (κ1) is 16.5. The fourth-order valence-electron chi connectivity index (χ4n) is 2.53. The summed E-state index contributed by atoms with van der Waals surface area (Å²) < 4.78 is 5.22. The van der Waals surface area contributed by atoms with E-state index in [1.165, 1.54) is 11.0 Å². The monoisotopic (exact) mass is 358 g/mol. The van der Waals surface area contributed by atoms with Gasteiger partial charge in [0.05, 0.1) is 10.6 Å². The Labute approximate surface area is 146 Å². The maximum Gasteiger partial charge on any atom is 0.356 e. The number of rotatable bonds is 3. The zero-order chi connectivity index (χ0) is 18.0. The van der Waals surface area contributed by atoms with E-state index in [0.717, 1.165) is 6.20 Å². The van der Waals surface area contributed by atoms with Crippen LogP contribution in [0.2, 0.25) is 5.02 Å². The third kappa shape index (κ3) is 3.32. The summed E-state index contributed by atoms with van der Waals surface area (Å²) >= 11 is 5.86. The van der Waals surface area contributed by atoms with E-state index in [0.29, 0.717) is 23.7 Å². The fourth-order valence-corrected chi connectivity index (χ4v) is 2.66. The maximum atomic E-state index is 12.2. The summed E-state index contributed by atoms with van der Waals surface area (Å²) in [5, 5.41) is 23.5. The van der Waals surface area contributed by atoms with Gasteiger partial charge in [-0.1, -0.05) is 11.6 Å². The molecule has 0 unspecified atom stereocenters. The highest BCUT2D eigenvalue weighted by Gasteiger charge is 2.26. The van der Waals surface area contributed by atoms with Crippen molar-refractivity contribution in [2.75, 3.05) is 18.0 Å². The standard InChI is InChI=1S/C16H11ClN4O4/c17-11-3-1-10(2-4-11)14-7-13(12(8-18)16(22)25-14)20-6-5-19-15(20)9-21(23)24/h1-4,7,9,19H,5-6H2/b15-9+. The van der Waals surface area contributed by atoms with E-state index in [1.54, 1.807) is 24.3 Å². The summed E-state index contributed by atoms with van der Waals surface area (Å²) in [6.07, 6.45) is 0.796. The SMILES string of the molecule is N#Cc1c(N2CCN/C2=C\[N+](=O)[O-])cc(-c2ccc(Cl)cc2)oc1=O. The minimum absolute atomic E-state index is 0.203. The lowest BCUT2D eigenvalue weighted by Crippen LogP contribution is -2.23. The van der Waals surface area contributed by atoms with E-state index in [1.807, 2.05) is 6.07 Å². The zero-order valence-electron chi connectivity index (χ0n) is 12.7. The highest BCUT2D eigenvalue weighted by Crippen LogP contribution is 2.29. The molecule has 0 aliphatic carbocycles. The number of hydrogen-bond donors (Lipinski definition) is 1. The van der Waals surface area contributed by atoms with Gasteiger partial charge >= 0.3 is 5.63 Å². The number of nitro groups is 1. The first-order chi connectivity index (χ1) is 12.0. The van der Waals surface area contributed by atoms with Gasteiger partial charge in [-0.2, -0.15) is 5.26 Å². The summed E-state index contributed by atoms with van der Waals surface area (Å²) in [7, 11) is 0. The molecule has 0 spiro atoms. The molecule has 126 valence electrons. The smallest absolute Gasteiger partial charge is 0.356 e. The molecule has 1 saturated heterocycles. The minimum Gasteiger partial charge on any atom is -0.422 e. The molecule has 25 heavy (non-hydrogen) atoms. The molecule has 1 aliphatic rings. The van der Waals surface area contributed by atoms with Crippen LogP contribution in [0.4, 0.5) is 5.69 Å². The van der Waals surface area contributed by atoms with E-state index >= 15 is 0 Å². The second-order valence-electron chi connectivity index (χ2n) is 5.16. The molecule has 2 heterocycles. The highest BCUT2D eigenvalue weighted by molar-refractivity contribution is 6.30. The largest absolute Gasteiger partial charge is 0.422 e. The molecular formula is C16H11ClN4O4. The lowest BCUT2D eigenvalue weighted by Gasteiger charge is -2.18. The van der Waals surface area contributed by atoms with Crippen molar-refractivity contribution in [3.05, 3.63) is 73.5 Å². The average molecular weight is 359 g/mol.